The van der Waals surface area contributed by atoms with Gasteiger partial charge in [0, 0.05) is 0 Å². The maximum atomic E-state index is 2.39. The smallest absolute Gasteiger partial charge is 1.00 e. The molecular weight excluding hydrogens is 634 g/mol. The second-order valence-corrected chi connectivity index (χ2v) is 10.9. The third-order valence-corrected chi connectivity index (χ3v) is 6.62. The minimum Gasteiger partial charge on any atom is -1.00 e. The van der Waals surface area contributed by atoms with Crippen LogP contribution in [0.1, 0.15) is 112 Å². The molecule has 0 atom stereocenters. The molecule has 0 fully saturated rings. The summed E-state index contributed by atoms with van der Waals surface area (Å²) in [6.45, 7) is 22.5. The summed E-state index contributed by atoms with van der Waals surface area (Å²) >= 11 is 0. The number of aryl methyl sites for hydroxylation is 2. The summed E-state index contributed by atoms with van der Waals surface area (Å²) in [6, 6.07) is 18.7. The first-order chi connectivity index (χ1) is 15.0. The summed E-state index contributed by atoms with van der Waals surface area (Å²) in [4.78, 5) is 0. The Bertz CT molecular complexity index is 1110. The Balaban J connectivity index is 0.000000608. The predicted octanol–water partition coefficient (Wildman–Crippen LogP) is 4.23. The molecule has 0 saturated heterocycles. The molecule has 0 aliphatic rings. The fraction of sp³-hybridized carbons (Fsp3) is 0.438. The second kappa shape index (κ2) is 14.2. The van der Waals surface area contributed by atoms with Crippen LogP contribution in [-0.2, 0) is 25.8 Å². The van der Waals surface area contributed by atoms with E-state index >= 15 is 0 Å². The number of hydrogen-bond donors (Lipinski definition) is 0. The molecule has 4 rings (SSSR count). The van der Waals surface area contributed by atoms with Crippen molar-refractivity contribution in [3.8, 4) is 0 Å². The molecule has 0 amide bonds. The van der Waals surface area contributed by atoms with Gasteiger partial charge in [0.25, 0.3) is 0 Å². The van der Waals surface area contributed by atoms with E-state index in [4.69, 9.17) is 0 Å². The van der Waals surface area contributed by atoms with Gasteiger partial charge < -0.3 is 24.8 Å². The van der Waals surface area contributed by atoms with E-state index in [0.717, 1.165) is 0 Å². The molecule has 0 nitrogen and oxygen atoms in total. The first-order valence-corrected chi connectivity index (χ1v) is 12.4. The summed E-state index contributed by atoms with van der Waals surface area (Å²) in [5.41, 5.74) is 8.66. The summed E-state index contributed by atoms with van der Waals surface area (Å²) in [6.07, 6.45) is 0. The molecule has 4 aromatic carbocycles. The zero-order valence-corrected chi connectivity index (χ0v) is 28.3. The molecule has 0 saturated carbocycles. The Labute approximate surface area is 245 Å². The van der Waals surface area contributed by atoms with Crippen LogP contribution in [0.15, 0.2) is 48.5 Å². The molecule has 4 aromatic rings. The van der Waals surface area contributed by atoms with Gasteiger partial charge in [-0.25, -0.2) is 0 Å². The summed E-state index contributed by atoms with van der Waals surface area (Å²) in [5, 5.41) is 5.70. The monoisotopic (exact) mass is 676 g/mol. The molecule has 0 aliphatic heterocycles. The standard InChI is InChI=1S/2C16H21.2ClH.Hf/c2*1-10(2)13-8-14-6-12(5)7-16(14)15(9-13)11(3)4;;;/h2*6-11H,1-5H3;2*1H;/q2*-1;;;+4/p-2. The molecule has 0 radical (unpaired) electrons. The number of hydrogen-bond acceptors (Lipinski definition) is 0. The Kier molecular flexibility index (Phi) is 13.8. The van der Waals surface area contributed by atoms with Crippen molar-refractivity contribution in [2.75, 3.05) is 0 Å². The van der Waals surface area contributed by atoms with E-state index in [1.54, 1.807) is 0 Å². The minimum atomic E-state index is 0. The van der Waals surface area contributed by atoms with E-state index in [1.807, 2.05) is 0 Å². The normalized spacial score (nSPS) is 10.9. The third kappa shape index (κ3) is 8.05. The van der Waals surface area contributed by atoms with Crippen LogP contribution >= 0.6 is 0 Å². The van der Waals surface area contributed by atoms with Crippen molar-refractivity contribution in [2.45, 2.75) is 92.9 Å². The van der Waals surface area contributed by atoms with E-state index in [-0.39, 0.29) is 50.7 Å². The third-order valence-electron chi connectivity index (χ3n) is 6.62. The van der Waals surface area contributed by atoms with Gasteiger partial charge in [0.05, 0.1) is 0 Å². The van der Waals surface area contributed by atoms with Crippen molar-refractivity contribution in [3.63, 3.8) is 0 Å². The Morgan fingerprint density at radius 1 is 0.486 bits per heavy atom. The average molecular weight is 676 g/mol. The molecule has 0 aliphatic carbocycles. The molecular formula is C32H42Cl2Hf. The Hall–Kier alpha value is -0.890. The van der Waals surface area contributed by atoms with Gasteiger partial charge in [-0.2, -0.15) is 12.1 Å². The van der Waals surface area contributed by atoms with Crippen LogP contribution in [0.5, 0.6) is 0 Å². The molecule has 0 aromatic heterocycles. The van der Waals surface area contributed by atoms with Crippen molar-refractivity contribution >= 4 is 21.5 Å². The van der Waals surface area contributed by atoms with Crippen molar-refractivity contribution in [2.24, 2.45) is 0 Å². The van der Waals surface area contributed by atoms with E-state index in [1.165, 1.54) is 54.9 Å². The van der Waals surface area contributed by atoms with Gasteiger partial charge in [-0.15, -0.1) is 56.9 Å². The van der Waals surface area contributed by atoms with Gasteiger partial charge in [0.1, 0.15) is 0 Å². The van der Waals surface area contributed by atoms with E-state index < -0.39 is 0 Å². The number of halogens is 2. The van der Waals surface area contributed by atoms with Crippen LogP contribution in [-0.4, -0.2) is 0 Å². The molecule has 0 N–H and O–H groups in total. The van der Waals surface area contributed by atoms with Crippen LogP contribution in [0.25, 0.3) is 21.5 Å². The fourth-order valence-corrected chi connectivity index (χ4v) is 4.67. The molecule has 0 spiro atoms. The summed E-state index contributed by atoms with van der Waals surface area (Å²) in [5.74, 6) is 2.42. The predicted molar refractivity (Wildman–Crippen MR) is 145 cm³/mol. The topological polar surface area (TPSA) is 0 Å². The SMILES string of the molecule is Cc1cc2c(C(C)C)cc(C(C)C)cc2[cH-]1.Cc1cc2c(C(C)C)cc(C(C)C)cc2[cH-]1.[Cl-].[Cl-].[Hf+4]. The van der Waals surface area contributed by atoms with Crippen LogP contribution in [0.4, 0.5) is 0 Å². The molecule has 0 bridgehead atoms. The van der Waals surface area contributed by atoms with Gasteiger partial charge in [-0.05, 0) is 23.7 Å². The zero-order valence-electron chi connectivity index (χ0n) is 23.2. The Morgan fingerprint density at radius 3 is 1.06 bits per heavy atom. The summed E-state index contributed by atoms with van der Waals surface area (Å²) in [7, 11) is 0. The number of benzene rings is 2. The van der Waals surface area contributed by atoms with Gasteiger partial charge in [-0.3, -0.25) is 0 Å². The maximum Gasteiger partial charge on any atom is 4.00 e. The first-order valence-electron chi connectivity index (χ1n) is 12.4. The van der Waals surface area contributed by atoms with Crippen molar-refractivity contribution < 1.29 is 50.7 Å². The van der Waals surface area contributed by atoms with Crippen LogP contribution in [0.2, 0.25) is 0 Å². The van der Waals surface area contributed by atoms with Crippen LogP contribution < -0.4 is 24.8 Å². The van der Waals surface area contributed by atoms with Crippen molar-refractivity contribution in [1.82, 2.24) is 0 Å². The maximum absolute atomic E-state index is 2.39. The van der Waals surface area contributed by atoms with Crippen molar-refractivity contribution in [3.05, 3.63) is 81.9 Å². The average Bonchev–Trinajstić information content (AvgIpc) is 3.26. The molecule has 0 unspecified atom stereocenters. The molecule has 188 valence electrons. The largest absolute Gasteiger partial charge is 4.00 e. The number of fused-ring (bicyclic) bond motifs is 2. The van der Waals surface area contributed by atoms with Crippen LogP contribution in [0, 0.1) is 13.8 Å². The minimum absolute atomic E-state index is 0. The fourth-order valence-electron chi connectivity index (χ4n) is 4.67. The first kappa shape index (κ1) is 34.1. The van der Waals surface area contributed by atoms with Crippen LogP contribution in [0.3, 0.4) is 0 Å². The van der Waals surface area contributed by atoms with Crippen molar-refractivity contribution in [1.29, 1.82) is 0 Å². The summed E-state index contributed by atoms with van der Waals surface area (Å²) < 4.78 is 0. The van der Waals surface area contributed by atoms with E-state index in [2.05, 4.69) is 118 Å². The quantitative estimate of drug-likeness (QED) is 0.225. The van der Waals surface area contributed by atoms with Gasteiger partial charge in [-0.1, -0.05) is 104 Å². The molecule has 0 heterocycles. The Morgan fingerprint density at radius 2 is 0.800 bits per heavy atom. The van der Waals surface area contributed by atoms with E-state index in [0.29, 0.717) is 23.7 Å². The van der Waals surface area contributed by atoms with E-state index in [9.17, 15) is 0 Å². The molecule has 3 heteroatoms. The molecule has 35 heavy (non-hydrogen) atoms. The van der Waals surface area contributed by atoms with Gasteiger partial charge in [0.2, 0.25) is 0 Å². The zero-order chi connectivity index (χ0) is 23.7. The van der Waals surface area contributed by atoms with Gasteiger partial charge >= 0.3 is 25.8 Å². The second-order valence-electron chi connectivity index (χ2n) is 10.9. The number of rotatable bonds is 4. The van der Waals surface area contributed by atoms with Gasteiger partial charge in [0.15, 0.2) is 0 Å².